The van der Waals surface area contributed by atoms with Crippen LogP contribution in [0, 0.1) is 0 Å². The molecule has 0 radical (unpaired) electrons. The quantitative estimate of drug-likeness (QED) is 0.857. The number of hydrogen-bond acceptors (Lipinski definition) is 2. The Morgan fingerprint density at radius 1 is 1.30 bits per heavy atom. The Labute approximate surface area is 126 Å². The first-order chi connectivity index (χ1) is 9.63. The summed E-state index contributed by atoms with van der Waals surface area (Å²) >= 11 is 6.08. The average Bonchev–Trinajstić information content (AvgIpc) is 2.93. The van der Waals surface area contributed by atoms with Crippen molar-refractivity contribution >= 4 is 11.6 Å². The molecule has 2 atom stereocenters. The molecule has 2 unspecified atom stereocenters. The summed E-state index contributed by atoms with van der Waals surface area (Å²) in [6, 6.07) is 8.63. The number of nitrogens with one attached hydrogen (secondary N) is 1. The summed E-state index contributed by atoms with van der Waals surface area (Å²) in [5, 5.41) is 8.77. The van der Waals surface area contributed by atoms with Crippen molar-refractivity contribution in [2.75, 3.05) is 0 Å². The maximum atomic E-state index is 6.08. The highest BCUT2D eigenvalue weighted by atomic mass is 35.5. The van der Waals surface area contributed by atoms with Gasteiger partial charge in [0, 0.05) is 35.4 Å². The first kappa shape index (κ1) is 15.1. The molecule has 0 saturated heterocycles. The van der Waals surface area contributed by atoms with Crippen molar-refractivity contribution in [2.24, 2.45) is 0 Å². The van der Waals surface area contributed by atoms with Gasteiger partial charge in [-0.15, -0.1) is 0 Å². The predicted molar refractivity (Wildman–Crippen MR) is 83.9 cm³/mol. The lowest BCUT2D eigenvalue weighted by molar-refractivity contribution is 0.456. The Morgan fingerprint density at radius 3 is 2.70 bits per heavy atom. The molecule has 0 aliphatic carbocycles. The molecule has 1 aromatic carbocycles. The molecule has 2 rings (SSSR count). The average molecular weight is 292 g/mol. The molecular weight excluding hydrogens is 270 g/mol. The molecule has 2 aromatic rings. The van der Waals surface area contributed by atoms with Crippen LogP contribution in [0.15, 0.2) is 36.7 Å². The van der Waals surface area contributed by atoms with Gasteiger partial charge in [0.15, 0.2) is 0 Å². The Hall–Kier alpha value is -1.32. The molecule has 108 valence electrons. The molecule has 0 amide bonds. The molecule has 1 N–H and O–H groups in total. The monoisotopic (exact) mass is 291 g/mol. The summed E-state index contributed by atoms with van der Waals surface area (Å²) in [6.45, 7) is 7.35. The second kappa shape index (κ2) is 6.91. The van der Waals surface area contributed by atoms with Gasteiger partial charge in [-0.05, 0) is 38.0 Å². The van der Waals surface area contributed by atoms with Crippen LogP contribution in [0.3, 0.4) is 0 Å². The molecule has 1 heterocycles. The molecule has 0 fully saturated rings. The third kappa shape index (κ3) is 3.62. The fourth-order valence-corrected chi connectivity index (χ4v) is 2.55. The van der Waals surface area contributed by atoms with Crippen LogP contribution < -0.4 is 5.32 Å². The summed E-state index contributed by atoms with van der Waals surface area (Å²) in [6.07, 6.45) is 5.06. The van der Waals surface area contributed by atoms with Crippen molar-refractivity contribution in [2.45, 2.75) is 45.8 Å². The molecule has 20 heavy (non-hydrogen) atoms. The lowest BCUT2D eigenvalue weighted by Crippen LogP contribution is -2.24. The fraction of sp³-hybridized carbons (Fsp3) is 0.438. The zero-order valence-electron chi connectivity index (χ0n) is 12.3. The van der Waals surface area contributed by atoms with Gasteiger partial charge < -0.3 is 5.32 Å². The molecule has 4 heteroatoms. The van der Waals surface area contributed by atoms with Crippen LogP contribution in [0.5, 0.6) is 0 Å². The van der Waals surface area contributed by atoms with Crippen LogP contribution in [-0.4, -0.2) is 9.78 Å². The summed E-state index contributed by atoms with van der Waals surface area (Å²) in [4.78, 5) is 0. The summed E-state index contributed by atoms with van der Waals surface area (Å²) in [5.74, 6) is 0. The third-order valence-electron chi connectivity index (χ3n) is 3.59. The summed E-state index contributed by atoms with van der Waals surface area (Å²) in [5.41, 5.74) is 2.45. The third-order valence-corrected chi connectivity index (χ3v) is 3.82. The molecule has 0 bridgehead atoms. The van der Waals surface area contributed by atoms with E-state index in [0.29, 0.717) is 6.04 Å². The van der Waals surface area contributed by atoms with Gasteiger partial charge in [0.1, 0.15) is 0 Å². The van der Waals surface area contributed by atoms with Crippen LogP contribution in [0.1, 0.15) is 50.4 Å². The van der Waals surface area contributed by atoms with E-state index in [1.54, 1.807) is 0 Å². The minimum atomic E-state index is 0.263. The minimum Gasteiger partial charge on any atom is -0.303 e. The van der Waals surface area contributed by atoms with Crippen molar-refractivity contribution in [3.63, 3.8) is 0 Å². The number of hydrogen-bond donors (Lipinski definition) is 1. The first-order valence-corrected chi connectivity index (χ1v) is 7.55. The topological polar surface area (TPSA) is 29.9 Å². The Morgan fingerprint density at radius 2 is 2.10 bits per heavy atom. The lowest BCUT2D eigenvalue weighted by Gasteiger charge is -2.22. The zero-order chi connectivity index (χ0) is 14.5. The van der Waals surface area contributed by atoms with E-state index in [4.69, 9.17) is 11.6 Å². The Bertz CT molecular complexity index is 550. The molecule has 0 aliphatic rings. The normalized spacial score (nSPS) is 14.2. The number of halogens is 1. The molecule has 0 spiro atoms. The smallest absolute Gasteiger partial charge is 0.0537 e. The van der Waals surface area contributed by atoms with Gasteiger partial charge >= 0.3 is 0 Å². The van der Waals surface area contributed by atoms with E-state index in [9.17, 15) is 0 Å². The number of rotatable bonds is 6. The van der Waals surface area contributed by atoms with Gasteiger partial charge in [0.2, 0.25) is 0 Å². The Kier molecular flexibility index (Phi) is 5.21. The Balaban J connectivity index is 2.09. The van der Waals surface area contributed by atoms with E-state index in [1.807, 2.05) is 29.1 Å². The van der Waals surface area contributed by atoms with Crippen LogP contribution in [0.2, 0.25) is 5.02 Å². The standard InChI is InChI=1S/C16H22ClN3/c1-4-16(13-7-6-8-15(17)9-13)19-12(3)14-10-18-20(5-2)11-14/h6-12,16,19H,4-5H2,1-3H3. The summed E-state index contributed by atoms with van der Waals surface area (Å²) in [7, 11) is 0. The fourth-order valence-electron chi connectivity index (χ4n) is 2.35. The second-order valence-electron chi connectivity index (χ2n) is 5.03. The first-order valence-electron chi connectivity index (χ1n) is 7.17. The van der Waals surface area contributed by atoms with E-state index in [1.165, 1.54) is 11.1 Å². The number of benzene rings is 1. The maximum absolute atomic E-state index is 6.08. The number of aryl methyl sites for hydroxylation is 1. The second-order valence-corrected chi connectivity index (χ2v) is 5.47. The van der Waals surface area contributed by atoms with Crippen LogP contribution >= 0.6 is 11.6 Å². The van der Waals surface area contributed by atoms with E-state index >= 15 is 0 Å². The van der Waals surface area contributed by atoms with Gasteiger partial charge in [-0.3, -0.25) is 4.68 Å². The lowest BCUT2D eigenvalue weighted by atomic mass is 10.0. The van der Waals surface area contributed by atoms with Gasteiger partial charge in [0.25, 0.3) is 0 Å². The van der Waals surface area contributed by atoms with Crippen LogP contribution in [0.4, 0.5) is 0 Å². The van der Waals surface area contributed by atoms with Crippen molar-refractivity contribution in [1.82, 2.24) is 15.1 Å². The van der Waals surface area contributed by atoms with Crippen LogP contribution in [0.25, 0.3) is 0 Å². The van der Waals surface area contributed by atoms with Gasteiger partial charge in [-0.1, -0.05) is 30.7 Å². The molecule has 1 aromatic heterocycles. The van der Waals surface area contributed by atoms with Gasteiger partial charge in [-0.2, -0.15) is 5.10 Å². The van der Waals surface area contributed by atoms with E-state index < -0.39 is 0 Å². The van der Waals surface area contributed by atoms with E-state index in [0.717, 1.165) is 18.0 Å². The predicted octanol–water partition coefficient (Wildman–Crippen LogP) is 4.36. The molecule has 0 aliphatic heterocycles. The van der Waals surface area contributed by atoms with Crippen LogP contribution in [-0.2, 0) is 6.54 Å². The summed E-state index contributed by atoms with van der Waals surface area (Å²) < 4.78 is 1.95. The van der Waals surface area contributed by atoms with E-state index in [2.05, 4.69) is 43.4 Å². The molecule has 0 saturated carbocycles. The van der Waals surface area contributed by atoms with Gasteiger partial charge in [0.05, 0.1) is 6.20 Å². The molecular formula is C16H22ClN3. The van der Waals surface area contributed by atoms with Crippen molar-refractivity contribution in [3.05, 3.63) is 52.8 Å². The largest absolute Gasteiger partial charge is 0.303 e. The van der Waals surface area contributed by atoms with Gasteiger partial charge in [-0.25, -0.2) is 0 Å². The minimum absolute atomic E-state index is 0.263. The number of aromatic nitrogens is 2. The maximum Gasteiger partial charge on any atom is 0.0537 e. The zero-order valence-corrected chi connectivity index (χ0v) is 13.1. The SMILES string of the molecule is CCC(NC(C)c1cnn(CC)c1)c1cccc(Cl)c1. The molecule has 3 nitrogen and oxygen atoms in total. The van der Waals surface area contributed by atoms with Crippen molar-refractivity contribution in [3.8, 4) is 0 Å². The van der Waals surface area contributed by atoms with Crippen molar-refractivity contribution < 1.29 is 0 Å². The highest BCUT2D eigenvalue weighted by Gasteiger charge is 2.15. The van der Waals surface area contributed by atoms with Crippen molar-refractivity contribution in [1.29, 1.82) is 0 Å². The highest BCUT2D eigenvalue weighted by Crippen LogP contribution is 2.24. The number of nitrogens with zero attached hydrogens (tertiary/aromatic N) is 2. The van der Waals surface area contributed by atoms with E-state index in [-0.39, 0.29) is 6.04 Å². The highest BCUT2D eigenvalue weighted by molar-refractivity contribution is 6.30.